The number of nitrogens with one attached hydrogen (secondary N) is 2. The van der Waals surface area contributed by atoms with Crippen LogP contribution in [0.5, 0.6) is 0 Å². The van der Waals surface area contributed by atoms with Gasteiger partial charge in [0.1, 0.15) is 0 Å². The molecule has 0 radical (unpaired) electrons. The average Bonchev–Trinajstić information content (AvgIpc) is 2.31. The summed E-state index contributed by atoms with van der Waals surface area (Å²) in [7, 11) is -3.42. The number of carbonyl (C=O) groups excluding carboxylic acids is 1. The molecule has 1 rings (SSSR count). The quantitative estimate of drug-likeness (QED) is 0.792. The van der Waals surface area contributed by atoms with Gasteiger partial charge in [0.25, 0.3) is 0 Å². The summed E-state index contributed by atoms with van der Waals surface area (Å²) in [4.78, 5) is 11.0. The fourth-order valence-corrected chi connectivity index (χ4v) is 3.37. The zero-order valence-corrected chi connectivity index (χ0v) is 13.3. The lowest BCUT2D eigenvalue weighted by Gasteiger charge is -2.13. The van der Waals surface area contributed by atoms with Crippen molar-refractivity contribution in [3.63, 3.8) is 0 Å². The van der Waals surface area contributed by atoms with Gasteiger partial charge in [0.15, 0.2) is 0 Å². The topological polar surface area (TPSA) is 75.3 Å². The smallest absolute Gasteiger partial charge is 0.233 e. The van der Waals surface area contributed by atoms with Crippen LogP contribution in [0.15, 0.2) is 18.2 Å². The van der Waals surface area contributed by atoms with E-state index in [0.717, 1.165) is 5.56 Å². The van der Waals surface area contributed by atoms with Crippen molar-refractivity contribution in [3.8, 4) is 0 Å². The molecule has 0 bridgehead atoms. The van der Waals surface area contributed by atoms with Gasteiger partial charge >= 0.3 is 0 Å². The van der Waals surface area contributed by atoms with Gasteiger partial charge in [-0.15, -0.1) is 11.6 Å². The van der Waals surface area contributed by atoms with Crippen molar-refractivity contribution >= 4 is 38.9 Å². The Balaban J connectivity index is 2.84. The Morgan fingerprint density at radius 3 is 2.55 bits per heavy atom. The fraction of sp³-hybridized carbons (Fsp3) is 0.462. The molecule has 5 nitrogen and oxygen atoms in total. The van der Waals surface area contributed by atoms with Gasteiger partial charge in [-0.1, -0.05) is 6.92 Å². The van der Waals surface area contributed by atoms with Crippen LogP contribution in [0.3, 0.4) is 0 Å². The van der Waals surface area contributed by atoms with E-state index in [2.05, 4.69) is 10.0 Å². The van der Waals surface area contributed by atoms with Gasteiger partial charge in [0.2, 0.25) is 15.9 Å². The van der Waals surface area contributed by atoms with E-state index in [1.54, 1.807) is 32.0 Å². The molecule has 0 aromatic heterocycles. The summed E-state index contributed by atoms with van der Waals surface area (Å²) in [6.45, 7) is 4.99. The minimum Gasteiger partial charge on any atom is -0.326 e. The number of rotatable bonds is 6. The zero-order chi connectivity index (χ0) is 15.3. The van der Waals surface area contributed by atoms with E-state index in [-0.39, 0.29) is 17.6 Å². The Labute approximate surface area is 124 Å². The van der Waals surface area contributed by atoms with Gasteiger partial charge in [0.05, 0.1) is 5.75 Å². The number of carbonyl (C=O) groups is 1. The number of amides is 1. The monoisotopic (exact) mass is 318 g/mol. The molecular formula is C13H19ClN2O3S. The van der Waals surface area contributed by atoms with Crippen molar-refractivity contribution < 1.29 is 13.2 Å². The highest BCUT2D eigenvalue weighted by Gasteiger charge is 2.15. The number of alkyl halides is 1. The summed E-state index contributed by atoms with van der Waals surface area (Å²) in [6, 6.07) is 4.95. The third kappa shape index (κ3) is 5.38. The molecule has 1 atom stereocenters. The Hall–Kier alpha value is -1.27. The van der Waals surface area contributed by atoms with Gasteiger partial charge in [0, 0.05) is 24.2 Å². The van der Waals surface area contributed by atoms with Crippen molar-refractivity contribution in [2.24, 2.45) is 5.92 Å². The van der Waals surface area contributed by atoms with Crippen LogP contribution < -0.4 is 10.0 Å². The molecule has 1 unspecified atom stereocenters. The maximum atomic E-state index is 11.9. The molecule has 0 heterocycles. The molecule has 1 amide bonds. The summed E-state index contributed by atoms with van der Waals surface area (Å²) in [6.07, 6.45) is 0. The number of hydrogen-bond acceptors (Lipinski definition) is 3. The standard InChI is InChI=1S/C13H19ClN2O3S/c1-9(7-14)8-20(18,19)16-12-4-5-13(10(2)6-12)15-11(3)17/h4-6,9,16H,7-8H2,1-3H3,(H,15,17). The molecule has 0 spiro atoms. The zero-order valence-electron chi connectivity index (χ0n) is 11.7. The minimum absolute atomic E-state index is 0.0248. The Kier molecular flexibility index (Phi) is 5.83. The number of anilines is 2. The lowest BCUT2D eigenvalue weighted by atomic mass is 10.2. The van der Waals surface area contributed by atoms with E-state index in [1.165, 1.54) is 6.92 Å². The van der Waals surface area contributed by atoms with Crippen LogP contribution >= 0.6 is 11.6 Å². The molecule has 2 N–H and O–H groups in total. The van der Waals surface area contributed by atoms with Crippen molar-refractivity contribution in [1.29, 1.82) is 0 Å². The first-order valence-corrected chi connectivity index (χ1v) is 8.37. The SMILES string of the molecule is CC(=O)Nc1ccc(NS(=O)(=O)CC(C)CCl)cc1C. The lowest BCUT2D eigenvalue weighted by Crippen LogP contribution is -2.22. The van der Waals surface area contributed by atoms with Gasteiger partial charge < -0.3 is 5.32 Å². The van der Waals surface area contributed by atoms with E-state index in [4.69, 9.17) is 11.6 Å². The third-order valence-corrected chi connectivity index (χ3v) is 4.66. The highest BCUT2D eigenvalue weighted by molar-refractivity contribution is 7.92. The van der Waals surface area contributed by atoms with Crippen molar-refractivity contribution in [3.05, 3.63) is 23.8 Å². The van der Waals surface area contributed by atoms with Crippen LogP contribution in [0.1, 0.15) is 19.4 Å². The Morgan fingerprint density at radius 2 is 2.05 bits per heavy atom. The largest absolute Gasteiger partial charge is 0.326 e. The second kappa shape index (κ2) is 6.95. The molecule has 1 aromatic carbocycles. The van der Waals surface area contributed by atoms with Crippen LogP contribution in [-0.4, -0.2) is 26.0 Å². The molecule has 20 heavy (non-hydrogen) atoms. The Morgan fingerprint density at radius 1 is 1.40 bits per heavy atom. The second-order valence-electron chi connectivity index (χ2n) is 4.85. The van der Waals surface area contributed by atoms with E-state index in [9.17, 15) is 13.2 Å². The first-order chi connectivity index (χ1) is 9.23. The van der Waals surface area contributed by atoms with Crippen molar-refractivity contribution in [1.82, 2.24) is 0 Å². The van der Waals surface area contributed by atoms with E-state index >= 15 is 0 Å². The number of hydrogen-bond donors (Lipinski definition) is 2. The molecular weight excluding hydrogens is 300 g/mol. The van der Waals surface area contributed by atoms with E-state index in [0.29, 0.717) is 17.3 Å². The van der Waals surface area contributed by atoms with Crippen molar-refractivity contribution in [2.75, 3.05) is 21.7 Å². The van der Waals surface area contributed by atoms with Crippen molar-refractivity contribution in [2.45, 2.75) is 20.8 Å². The molecule has 0 aliphatic rings. The molecule has 0 saturated heterocycles. The van der Waals surface area contributed by atoms with Gasteiger partial charge in [-0.2, -0.15) is 0 Å². The number of sulfonamides is 1. The lowest BCUT2D eigenvalue weighted by molar-refractivity contribution is -0.114. The van der Waals surface area contributed by atoms with Gasteiger partial charge in [-0.25, -0.2) is 8.42 Å². The van der Waals surface area contributed by atoms with Crippen LogP contribution in [0, 0.1) is 12.8 Å². The first kappa shape index (κ1) is 16.8. The number of aryl methyl sites for hydroxylation is 1. The highest BCUT2D eigenvalue weighted by atomic mass is 35.5. The normalized spacial score (nSPS) is 12.8. The van der Waals surface area contributed by atoms with Crippen LogP contribution in [0.4, 0.5) is 11.4 Å². The predicted octanol–water partition coefficient (Wildman–Crippen LogP) is 2.57. The maximum absolute atomic E-state index is 11.9. The molecule has 0 saturated carbocycles. The highest BCUT2D eigenvalue weighted by Crippen LogP contribution is 2.21. The minimum atomic E-state index is -3.42. The fourth-order valence-electron chi connectivity index (χ4n) is 1.70. The molecule has 7 heteroatoms. The molecule has 112 valence electrons. The van der Waals surface area contributed by atoms with Crippen LogP contribution in [0.25, 0.3) is 0 Å². The first-order valence-electron chi connectivity index (χ1n) is 6.18. The predicted molar refractivity (Wildman–Crippen MR) is 82.8 cm³/mol. The number of halogens is 1. The maximum Gasteiger partial charge on any atom is 0.233 e. The van der Waals surface area contributed by atoms with Gasteiger partial charge in [-0.3, -0.25) is 9.52 Å². The molecule has 0 aliphatic heterocycles. The summed E-state index contributed by atoms with van der Waals surface area (Å²) in [5.41, 5.74) is 1.92. The average molecular weight is 319 g/mol. The molecule has 0 aliphatic carbocycles. The van der Waals surface area contributed by atoms with E-state index < -0.39 is 10.0 Å². The van der Waals surface area contributed by atoms with Gasteiger partial charge in [-0.05, 0) is 36.6 Å². The second-order valence-corrected chi connectivity index (χ2v) is 6.93. The third-order valence-electron chi connectivity index (χ3n) is 2.58. The molecule has 1 aromatic rings. The van der Waals surface area contributed by atoms with E-state index in [1.807, 2.05) is 0 Å². The summed E-state index contributed by atoms with van der Waals surface area (Å²) in [5, 5.41) is 2.67. The summed E-state index contributed by atoms with van der Waals surface area (Å²) in [5.74, 6) is -0.0176. The summed E-state index contributed by atoms with van der Waals surface area (Å²) < 4.78 is 26.3. The Bertz CT molecular complexity index is 587. The summed E-state index contributed by atoms with van der Waals surface area (Å²) >= 11 is 5.62. The van der Waals surface area contributed by atoms with Crippen LogP contribution in [0.2, 0.25) is 0 Å². The van der Waals surface area contributed by atoms with Crippen LogP contribution in [-0.2, 0) is 14.8 Å². The number of benzene rings is 1. The molecule has 0 fully saturated rings.